The Morgan fingerprint density at radius 3 is 2.81 bits per heavy atom. The minimum Gasteiger partial charge on any atom is -0.392 e. The van der Waals surface area contributed by atoms with Gasteiger partial charge in [-0.1, -0.05) is 31.5 Å². The molecule has 1 saturated carbocycles. The molecule has 0 bridgehead atoms. The second kappa shape index (κ2) is 4.59. The number of benzene rings is 1. The Hall–Kier alpha value is -0.180. The molecule has 2 unspecified atom stereocenters. The molecule has 0 radical (unpaired) electrons. The van der Waals surface area contributed by atoms with Crippen LogP contribution in [0.3, 0.4) is 0 Å². The maximum atomic E-state index is 10.0. The van der Waals surface area contributed by atoms with E-state index in [1.807, 2.05) is 24.3 Å². The Balaban J connectivity index is 1.84. The molecule has 0 heterocycles. The predicted molar refractivity (Wildman–Crippen MR) is 70.1 cm³/mol. The van der Waals surface area contributed by atoms with Crippen LogP contribution in [0.25, 0.3) is 0 Å². The Morgan fingerprint density at radius 1 is 1.56 bits per heavy atom. The lowest BCUT2D eigenvalue weighted by atomic mass is 10.1. The van der Waals surface area contributed by atoms with E-state index in [0.29, 0.717) is 11.3 Å². The first-order chi connectivity index (χ1) is 7.49. The van der Waals surface area contributed by atoms with Crippen LogP contribution in [0, 0.1) is 11.3 Å². The lowest BCUT2D eigenvalue weighted by molar-refractivity contribution is 0.160. The lowest BCUT2D eigenvalue weighted by Crippen LogP contribution is -2.15. The van der Waals surface area contributed by atoms with E-state index in [2.05, 4.69) is 13.8 Å². The first kappa shape index (κ1) is 12.3. The van der Waals surface area contributed by atoms with Crippen LogP contribution in [0.5, 0.6) is 0 Å². The Bertz CT molecular complexity index is 378. The minimum atomic E-state index is -0.195. The quantitative estimate of drug-likeness (QED) is 0.826. The Morgan fingerprint density at radius 2 is 2.25 bits per heavy atom. The Labute approximate surface area is 106 Å². The molecule has 0 aromatic heterocycles. The van der Waals surface area contributed by atoms with Gasteiger partial charge in [0.2, 0.25) is 0 Å². The summed E-state index contributed by atoms with van der Waals surface area (Å²) in [6, 6.07) is 7.78. The van der Waals surface area contributed by atoms with Crippen molar-refractivity contribution < 1.29 is 5.11 Å². The highest BCUT2D eigenvalue weighted by molar-refractivity contribution is 7.99. The second-order valence-electron chi connectivity index (χ2n) is 5.13. The van der Waals surface area contributed by atoms with E-state index in [1.165, 1.54) is 0 Å². The largest absolute Gasteiger partial charge is 0.392 e. The molecule has 2 atom stereocenters. The molecule has 1 aliphatic carbocycles. The van der Waals surface area contributed by atoms with Crippen LogP contribution in [0.4, 0.5) is 0 Å². The first-order valence-electron chi connectivity index (χ1n) is 5.55. The molecule has 2 rings (SSSR count). The summed E-state index contributed by atoms with van der Waals surface area (Å²) in [6.45, 7) is 4.43. The van der Waals surface area contributed by atoms with Crippen molar-refractivity contribution in [3.05, 3.63) is 29.3 Å². The van der Waals surface area contributed by atoms with E-state index >= 15 is 0 Å². The summed E-state index contributed by atoms with van der Waals surface area (Å²) in [5, 5.41) is 10.8. The fraction of sp³-hybridized carbons (Fsp3) is 0.538. The van der Waals surface area contributed by atoms with Gasteiger partial charge in [-0.05, 0) is 36.0 Å². The summed E-state index contributed by atoms with van der Waals surface area (Å²) in [5.74, 6) is 1.23. The van der Waals surface area contributed by atoms with E-state index < -0.39 is 0 Å². The molecule has 16 heavy (non-hydrogen) atoms. The molecule has 0 amide bonds. The maximum absolute atomic E-state index is 10.0. The summed E-state index contributed by atoms with van der Waals surface area (Å²) in [6.07, 6.45) is 0.948. The average molecular weight is 257 g/mol. The molecule has 88 valence electrons. The van der Waals surface area contributed by atoms with Crippen LogP contribution < -0.4 is 0 Å². The van der Waals surface area contributed by atoms with Gasteiger partial charge in [-0.2, -0.15) is 0 Å². The van der Waals surface area contributed by atoms with Crippen LogP contribution in [-0.2, 0) is 0 Å². The van der Waals surface area contributed by atoms with Gasteiger partial charge in [-0.25, -0.2) is 0 Å². The number of aliphatic hydroxyl groups excluding tert-OH is 1. The number of aliphatic hydroxyl groups is 1. The fourth-order valence-corrected chi connectivity index (χ4v) is 3.25. The van der Waals surface area contributed by atoms with E-state index in [4.69, 9.17) is 11.6 Å². The highest BCUT2D eigenvalue weighted by Gasteiger charge is 2.49. The van der Waals surface area contributed by atoms with Crippen molar-refractivity contribution in [2.24, 2.45) is 11.3 Å². The number of halogens is 1. The van der Waals surface area contributed by atoms with Gasteiger partial charge < -0.3 is 5.11 Å². The molecule has 3 heteroatoms. The third-order valence-electron chi connectivity index (χ3n) is 3.27. The smallest absolute Gasteiger partial charge is 0.0667 e. The third-order valence-corrected chi connectivity index (χ3v) is 4.60. The van der Waals surface area contributed by atoms with Crippen molar-refractivity contribution in [2.75, 3.05) is 5.75 Å². The maximum Gasteiger partial charge on any atom is 0.0667 e. The van der Waals surface area contributed by atoms with Gasteiger partial charge in [0.1, 0.15) is 0 Å². The van der Waals surface area contributed by atoms with Gasteiger partial charge in [0.25, 0.3) is 0 Å². The van der Waals surface area contributed by atoms with Gasteiger partial charge in [-0.15, -0.1) is 11.8 Å². The molecule has 0 aliphatic heterocycles. The van der Waals surface area contributed by atoms with Crippen LogP contribution in [0.15, 0.2) is 29.2 Å². The summed E-state index contributed by atoms with van der Waals surface area (Å²) < 4.78 is 0. The SMILES string of the molecule is CC1(C)CC1C(O)CSc1cccc(Cl)c1. The first-order valence-corrected chi connectivity index (χ1v) is 6.92. The highest BCUT2D eigenvalue weighted by atomic mass is 35.5. The van der Waals surface area contributed by atoms with Crippen molar-refractivity contribution in [3.63, 3.8) is 0 Å². The van der Waals surface area contributed by atoms with Gasteiger partial charge >= 0.3 is 0 Å². The molecular formula is C13H17ClOS. The molecular weight excluding hydrogens is 240 g/mol. The highest BCUT2D eigenvalue weighted by Crippen LogP contribution is 2.54. The summed E-state index contributed by atoms with van der Waals surface area (Å²) >= 11 is 7.58. The molecule has 0 saturated heterocycles. The van der Waals surface area contributed by atoms with E-state index in [1.54, 1.807) is 11.8 Å². The monoisotopic (exact) mass is 256 g/mol. The number of rotatable bonds is 4. The van der Waals surface area contributed by atoms with E-state index in [-0.39, 0.29) is 6.10 Å². The summed E-state index contributed by atoms with van der Waals surface area (Å²) in [7, 11) is 0. The Kier molecular flexibility index (Phi) is 3.53. The fourth-order valence-electron chi connectivity index (χ4n) is 2.02. The molecule has 1 nitrogen and oxygen atoms in total. The average Bonchev–Trinajstić information content (AvgIpc) is 2.85. The van der Waals surface area contributed by atoms with Crippen LogP contribution in [0.2, 0.25) is 5.02 Å². The molecule has 1 aromatic rings. The molecule has 1 aromatic carbocycles. The molecule has 0 spiro atoms. The zero-order valence-electron chi connectivity index (χ0n) is 9.61. The van der Waals surface area contributed by atoms with Crippen molar-refractivity contribution in [3.8, 4) is 0 Å². The van der Waals surface area contributed by atoms with Gasteiger partial charge in [0.05, 0.1) is 6.10 Å². The van der Waals surface area contributed by atoms with Crippen molar-refractivity contribution in [2.45, 2.75) is 31.3 Å². The van der Waals surface area contributed by atoms with Gasteiger partial charge in [0, 0.05) is 15.7 Å². The number of hydrogen-bond donors (Lipinski definition) is 1. The van der Waals surface area contributed by atoms with E-state index in [9.17, 15) is 5.11 Å². The lowest BCUT2D eigenvalue weighted by Gasteiger charge is -2.11. The predicted octanol–water partition coefficient (Wildman–Crippen LogP) is 3.84. The zero-order chi connectivity index (χ0) is 11.8. The van der Waals surface area contributed by atoms with Crippen molar-refractivity contribution in [1.29, 1.82) is 0 Å². The zero-order valence-corrected chi connectivity index (χ0v) is 11.2. The van der Waals surface area contributed by atoms with Crippen LogP contribution >= 0.6 is 23.4 Å². The number of thioether (sulfide) groups is 1. The molecule has 1 aliphatic rings. The van der Waals surface area contributed by atoms with Crippen LogP contribution in [0.1, 0.15) is 20.3 Å². The van der Waals surface area contributed by atoms with Gasteiger partial charge in [-0.3, -0.25) is 0 Å². The summed E-state index contributed by atoms with van der Waals surface area (Å²) in [4.78, 5) is 1.13. The topological polar surface area (TPSA) is 20.2 Å². The normalized spacial score (nSPS) is 24.1. The number of hydrogen-bond acceptors (Lipinski definition) is 2. The van der Waals surface area contributed by atoms with E-state index in [0.717, 1.165) is 22.1 Å². The van der Waals surface area contributed by atoms with Crippen LogP contribution in [-0.4, -0.2) is 17.0 Å². The van der Waals surface area contributed by atoms with Crippen molar-refractivity contribution in [1.82, 2.24) is 0 Å². The van der Waals surface area contributed by atoms with Gasteiger partial charge in [0.15, 0.2) is 0 Å². The summed E-state index contributed by atoms with van der Waals surface area (Å²) in [5.41, 5.74) is 0.342. The minimum absolute atomic E-state index is 0.195. The second-order valence-corrected chi connectivity index (χ2v) is 6.66. The standard InChI is InChI=1S/C13H17ClOS/c1-13(2)7-11(13)12(15)8-16-10-5-3-4-9(14)6-10/h3-6,11-12,15H,7-8H2,1-2H3. The molecule has 1 N–H and O–H groups in total. The third kappa shape index (κ3) is 2.93. The molecule has 1 fully saturated rings. The van der Waals surface area contributed by atoms with Crippen molar-refractivity contribution >= 4 is 23.4 Å².